The van der Waals surface area contributed by atoms with E-state index in [0.717, 1.165) is 18.7 Å². The third-order valence-electron chi connectivity index (χ3n) is 3.01. The zero-order valence-corrected chi connectivity index (χ0v) is 12.5. The number of thioether (sulfide) groups is 1. The van der Waals surface area contributed by atoms with E-state index in [0.29, 0.717) is 11.3 Å². The van der Waals surface area contributed by atoms with Crippen molar-refractivity contribution in [2.75, 3.05) is 18.9 Å². The van der Waals surface area contributed by atoms with Gasteiger partial charge in [0.25, 0.3) is 0 Å². The van der Waals surface area contributed by atoms with E-state index in [9.17, 15) is 0 Å². The van der Waals surface area contributed by atoms with Gasteiger partial charge in [-0.2, -0.15) is 11.8 Å². The van der Waals surface area contributed by atoms with E-state index in [-0.39, 0.29) is 6.61 Å². The van der Waals surface area contributed by atoms with Crippen molar-refractivity contribution in [2.24, 2.45) is 0 Å². The normalized spacial score (nSPS) is 14.4. The van der Waals surface area contributed by atoms with E-state index in [1.165, 1.54) is 11.1 Å². The van der Waals surface area contributed by atoms with Gasteiger partial charge in [0.2, 0.25) is 0 Å². The van der Waals surface area contributed by atoms with Crippen LogP contribution in [0.4, 0.5) is 0 Å². The Hall–Kier alpha value is -0.510. The van der Waals surface area contributed by atoms with Crippen LogP contribution >= 0.6 is 11.8 Å². The van der Waals surface area contributed by atoms with Crippen molar-refractivity contribution in [1.82, 2.24) is 5.32 Å². The maximum Gasteiger partial charge on any atom is 0.0441 e. The van der Waals surface area contributed by atoms with Gasteiger partial charge in [-0.3, -0.25) is 0 Å². The van der Waals surface area contributed by atoms with Gasteiger partial charge in [0, 0.05) is 23.7 Å². The molecule has 0 aromatic heterocycles. The number of aliphatic hydroxyl groups excluding tert-OH is 1. The maximum absolute atomic E-state index is 8.92. The van der Waals surface area contributed by atoms with Crippen LogP contribution in [0.25, 0.3) is 0 Å². The summed E-state index contributed by atoms with van der Waals surface area (Å²) < 4.78 is 0. The van der Waals surface area contributed by atoms with Gasteiger partial charge in [-0.1, -0.05) is 43.7 Å². The topological polar surface area (TPSA) is 32.3 Å². The lowest BCUT2D eigenvalue weighted by Crippen LogP contribution is -2.23. The van der Waals surface area contributed by atoms with Gasteiger partial charge in [-0.15, -0.1) is 0 Å². The van der Waals surface area contributed by atoms with Crippen LogP contribution in [0.1, 0.15) is 37.4 Å². The highest BCUT2D eigenvalue weighted by molar-refractivity contribution is 7.99. The van der Waals surface area contributed by atoms with Crippen LogP contribution in [0, 0.1) is 6.92 Å². The zero-order chi connectivity index (χ0) is 13.4. The van der Waals surface area contributed by atoms with Crippen molar-refractivity contribution in [3.05, 3.63) is 35.4 Å². The predicted octanol–water partition coefficient (Wildman–Crippen LogP) is 3.15. The fourth-order valence-corrected chi connectivity index (χ4v) is 2.95. The molecule has 0 aliphatic heterocycles. The standard InChI is InChI=1S/C15H25NOS/c1-4-16-15(11-18-13(3)9-10-17)14-7-5-12(2)6-8-14/h5-8,13,15-17H,4,9-11H2,1-3H3. The smallest absolute Gasteiger partial charge is 0.0441 e. The maximum atomic E-state index is 8.92. The minimum absolute atomic E-state index is 0.282. The van der Waals surface area contributed by atoms with Crippen LogP contribution < -0.4 is 5.32 Å². The molecule has 102 valence electrons. The van der Waals surface area contributed by atoms with Crippen LogP contribution in [0.2, 0.25) is 0 Å². The summed E-state index contributed by atoms with van der Waals surface area (Å²) in [6.07, 6.45) is 0.872. The quantitative estimate of drug-likeness (QED) is 0.759. The Bertz CT molecular complexity index is 326. The number of aliphatic hydroxyl groups is 1. The molecular weight excluding hydrogens is 242 g/mol. The lowest BCUT2D eigenvalue weighted by molar-refractivity contribution is 0.289. The Morgan fingerprint density at radius 1 is 1.28 bits per heavy atom. The van der Waals surface area contributed by atoms with Gasteiger partial charge in [0.15, 0.2) is 0 Å². The van der Waals surface area contributed by atoms with Gasteiger partial charge in [-0.25, -0.2) is 0 Å². The number of aryl methyl sites for hydroxylation is 1. The highest BCUT2D eigenvalue weighted by Crippen LogP contribution is 2.23. The summed E-state index contributed by atoms with van der Waals surface area (Å²) in [6, 6.07) is 9.16. The molecule has 0 saturated carbocycles. The largest absolute Gasteiger partial charge is 0.396 e. The molecule has 0 amide bonds. The minimum atomic E-state index is 0.282. The van der Waals surface area contributed by atoms with Crippen LogP contribution in [0.15, 0.2) is 24.3 Å². The van der Waals surface area contributed by atoms with Gasteiger partial charge in [0.1, 0.15) is 0 Å². The summed E-state index contributed by atoms with van der Waals surface area (Å²) in [7, 11) is 0. The number of hydrogen-bond acceptors (Lipinski definition) is 3. The lowest BCUT2D eigenvalue weighted by Gasteiger charge is -2.20. The van der Waals surface area contributed by atoms with Crippen molar-refractivity contribution in [3.8, 4) is 0 Å². The van der Waals surface area contributed by atoms with E-state index in [2.05, 4.69) is 50.4 Å². The summed E-state index contributed by atoms with van der Waals surface area (Å²) in [5, 5.41) is 13.0. The molecule has 18 heavy (non-hydrogen) atoms. The van der Waals surface area contributed by atoms with Crippen molar-refractivity contribution in [3.63, 3.8) is 0 Å². The van der Waals surface area contributed by atoms with E-state index < -0.39 is 0 Å². The first-order valence-corrected chi connectivity index (χ1v) is 7.74. The van der Waals surface area contributed by atoms with E-state index in [1.54, 1.807) is 0 Å². The van der Waals surface area contributed by atoms with Gasteiger partial charge >= 0.3 is 0 Å². The fourth-order valence-electron chi connectivity index (χ4n) is 1.84. The van der Waals surface area contributed by atoms with E-state index in [1.807, 2.05) is 11.8 Å². The van der Waals surface area contributed by atoms with Crippen molar-refractivity contribution < 1.29 is 5.11 Å². The molecule has 0 bridgehead atoms. The second kappa shape index (κ2) is 8.57. The number of hydrogen-bond donors (Lipinski definition) is 2. The Kier molecular flexibility index (Phi) is 7.40. The molecule has 2 nitrogen and oxygen atoms in total. The van der Waals surface area contributed by atoms with E-state index in [4.69, 9.17) is 5.11 Å². The number of rotatable bonds is 8. The van der Waals surface area contributed by atoms with Crippen molar-refractivity contribution >= 4 is 11.8 Å². The molecule has 0 aliphatic rings. The van der Waals surface area contributed by atoms with Crippen LogP contribution in [-0.4, -0.2) is 29.3 Å². The first-order valence-electron chi connectivity index (χ1n) is 6.69. The first-order chi connectivity index (χ1) is 8.67. The zero-order valence-electron chi connectivity index (χ0n) is 11.6. The van der Waals surface area contributed by atoms with Gasteiger partial charge in [-0.05, 0) is 25.5 Å². The molecule has 1 aromatic rings. The van der Waals surface area contributed by atoms with Gasteiger partial charge < -0.3 is 10.4 Å². The van der Waals surface area contributed by atoms with Gasteiger partial charge in [0.05, 0.1) is 0 Å². The average molecular weight is 267 g/mol. The monoisotopic (exact) mass is 267 g/mol. The Labute approximate surface area is 115 Å². The third kappa shape index (κ3) is 5.42. The average Bonchev–Trinajstić information content (AvgIpc) is 2.36. The molecule has 0 spiro atoms. The van der Waals surface area contributed by atoms with Crippen LogP contribution in [-0.2, 0) is 0 Å². The van der Waals surface area contributed by atoms with Crippen LogP contribution in [0.3, 0.4) is 0 Å². The molecule has 2 N–H and O–H groups in total. The summed E-state index contributed by atoms with van der Waals surface area (Å²) in [4.78, 5) is 0. The highest BCUT2D eigenvalue weighted by Gasteiger charge is 2.12. The fraction of sp³-hybridized carbons (Fsp3) is 0.600. The predicted molar refractivity (Wildman–Crippen MR) is 81.2 cm³/mol. The summed E-state index contributed by atoms with van der Waals surface area (Å²) in [6.45, 7) is 7.70. The second-order valence-electron chi connectivity index (χ2n) is 4.68. The Morgan fingerprint density at radius 3 is 2.50 bits per heavy atom. The van der Waals surface area contributed by atoms with Crippen molar-refractivity contribution in [2.45, 2.75) is 38.5 Å². The number of benzene rings is 1. The Morgan fingerprint density at radius 2 is 1.94 bits per heavy atom. The second-order valence-corrected chi connectivity index (χ2v) is 6.15. The minimum Gasteiger partial charge on any atom is -0.396 e. The summed E-state index contributed by atoms with van der Waals surface area (Å²) in [5.41, 5.74) is 2.65. The molecule has 1 aromatic carbocycles. The summed E-state index contributed by atoms with van der Waals surface area (Å²) >= 11 is 1.93. The molecule has 2 atom stereocenters. The lowest BCUT2D eigenvalue weighted by atomic mass is 10.1. The molecule has 3 heteroatoms. The molecule has 1 rings (SSSR count). The SMILES string of the molecule is CCNC(CSC(C)CCO)c1ccc(C)cc1. The van der Waals surface area contributed by atoms with Crippen molar-refractivity contribution in [1.29, 1.82) is 0 Å². The summed E-state index contributed by atoms with van der Waals surface area (Å²) in [5.74, 6) is 1.05. The third-order valence-corrected chi connectivity index (χ3v) is 4.34. The van der Waals surface area contributed by atoms with E-state index >= 15 is 0 Å². The Balaban J connectivity index is 2.56. The molecule has 0 radical (unpaired) electrons. The molecule has 0 saturated heterocycles. The molecule has 2 unspecified atom stereocenters. The first kappa shape index (κ1) is 15.5. The van der Waals surface area contributed by atoms with Crippen LogP contribution in [0.5, 0.6) is 0 Å². The molecule has 0 heterocycles. The molecule has 0 fully saturated rings. The molecular formula is C15H25NOS. The number of nitrogens with one attached hydrogen (secondary N) is 1. The highest BCUT2D eigenvalue weighted by atomic mass is 32.2. The molecule has 0 aliphatic carbocycles.